The molecular formula is C21H17N3O5. The maximum absolute atomic E-state index is 12.4. The minimum absolute atomic E-state index is 0.0578. The van der Waals surface area contributed by atoms with Gasteiger partial charge in [0.25, 0.3) is 5.56 Å². The van der Waals surface area contributed by atoms with Gasteiger partial charge in [-0.15, -0.1) is 0 Å². The predicted octanol–water partition coefficient (Wildman–Crippen LogP) is 2.51. The number of methoxy groups -OCH3 is 2. The number of para-hydroxylation sites is 1. The molecule has 0 amide bonds. The van der Waals surface area contributed by atoms with Crippen molar-refractivity contribution in [2.45, 2.75) is 0 Å². The van der Waals surface area contributed by atoms with E-state index in [-0.39, 0.29) is 5.56 Å². The Hall–Kier alpha value is -4.07. The monoisotopic (exact) mass is 391 g/mol. The summed E-state index contributed by atoms with van der Waals surface area (Å²) in [4.78, 5) is 31.4. The number of aromatic hydroxyl groups is 1. The second-order valence-electron chi connectivity index (χ2n) is 6.25. The Morgan fingerprint density at radius 1 is 1.07 bits per heavy atom. The second kappa shape index (κ2) is 7.16. The fourth-order valence-corrected chi connectivity index (χ4v) is 3.18. The molecule has 146 valence electrons. The molecule has 8 heteroatoms. The van der Waals surface area contributed by atoms with Gasteiger partial charge in [-0.05, 0) is 24.3 Å². The minimum atomic E-state index is -0.776. The summed E-state index contributed by atoms with van der Waals surface area (Å²) >= 11 is 0. The summed E-state index contributed by atoms with van der Waals surface area (Å²) in [6.45, 7) is 0. The molecule has 0 spiro atoms. The number of allylic oxidation sites excluding steroid dienone is 1. The number of nitrogens with one attached hydrogen (secondary N) is 1. The third kappa shape index (κ3) is 3.10. The summed E-state index contributed by atoms with van der Waals surface area (Å²) in [6, 6.07) is 12.1. The zero-order valence-electron chi connectivity index (χ0n) is 15.7. The van der Waals surface area contributed by atoms with Crippen molar-refractivity contribution in [3.05, 3.63) is 74.4 Å². The molecule has 0 fully saturated rings. The van der Waals surface area contributed by atoms with Crippen LogP contribution in [0.3, 0.4) is 0 Å². The quantitative estimate of drug-likeness (QED) is 0.711. The van der Waals surface area contributed by atoms with Crippen molar-refractivity contribution in [2.24, 2.45) is 4.99 Å². The van der Waals surface area contributed by atoms with Crippen LogP contribution in [0.1, 0.15) is 11.1 Å². The van der Waals surface area contributed by atoms with Gasteiger partial charge in [0.1, 0.15) is 5.56 Å². The Kier molecular flexibility index (Phi) is 4.52. The summed E-state index contributed by atoms with van der Waals surface area (Å²) in [5.74, 6) is 0.352. The first-order valence-corrected chi connectivity index (χ1v) is 8.69. The summed E-state index contributed by atoms with van der Waals surface area (Å²) < 4.78 is 11.4. The zero-order chi connectivity index (χ0) is 20.5. The highest BCUT2D eigenvalue weighted by Crippen LogP contribution is 2.33. The Bertz CT molecular complexity index is 1280. The molecule has 0 aliphatic carbocycles. The normalized spacial score (nSPS) is 13.5. The highest BCUT2D eigenvalue weighted by Gasteiger charge is 2.18. The Morgan fingerprint density at radius 3 is 2.59 bits per heavy atom. The number of H-pyrrole nitrogens is 1. The first-order chi connectivity index (χ1) is 14.0. The maximum Gasteiger partial charge on any atom is 0.335 e. The van der Waals surface area contributed by atoms with E-state index in [2.05, 4.69) is 9.98 Å². The third-order valence-corrected chi connectivity index (χ3v) is 4.60. The molecule has 0 unspecified atom stereocenters. The van der Waals surface area contributed by atoms with E-state index in [9.17, 15) is 14.7 Å². The lowest BCUT2D eigenvalue weighted by molar-refractivity contribution is 0.354. The number of ether oxygens (including phenoxy) is 2. The number of benzene rings is 2. The molecule has 1 aromatic heterocycles. The molecule has 0 saturated carbocycles. The predicted molar refractivity (Wildman–Crippen MR) is 110 cm³/mol. The average molecular weight is 391 g/mol. The fraction of sp³-hybridized carbons (Fsp3) is 0.0952. The van der Waals surface area contributed by atoms with Crippen molar-refractivity contribution in [3.63, 3.8) is 0 Å². The van der Waals surface area contributed by atoms with Gasteiger partial charge in [-0.2, -0.15) is 0 Å². The average Bonchev–Trinajstić information content (AvgIpc) is 3.13. The molecule has 4 rings (SSSR count). The Morgan fingerprint density at radius 2 is 1.83 bits per heavy atom. The van der Waals surface area contributed by atoms with Crippen LogP contribution in [0.2, 0.25) is 0 Å². The van der Waals surface area contributed by atoms with Crippen LogP contribution in [0, 0.1) is 0 Å². The number of fused-ring (bicyclic) bond motifs is 1. The zero-order valence-corrected chi connectivity index (χ0v) is 15.7. The number of hydrogen-bond donors (Lipinski definition) is 2. The molecule has 0 bridgehead atoms. The standard InChI is InChI=1S/C21H17N3O5/c1-28-17-8-7-13(10-18(17)29-2)24-20(26)15(19(25)23-21(24)27)9-12-11-22-16-6-4-3-5-14(12)16/h3-11,26H,1-2H3,(H,23,25,27)/b12-9+. The molecule has 2 aromatic carbocycles. The summed E-state index contributed by atoms with van der Waals surface area (Å²) in [5, 5.41) is 10.8. The SMILES string of the molecule is COc1ccc(-n2c(O)c(/C=C3\C=Nc4ccccc43)c(=O)[nH]c2=O)cc1OC. The van der Waals surface area contributed by atoms with E-state index >= 15 is 0 Å². The third-order valence-electron chi connectivity index (χ3n) is 4.60. The molecule has 0 saturated heterocycles. The lowest BCUT2D eigenvalue weighted by atomic mass is 10.1. The number of aromatic nitrogens is 2. The molecule has 2 N–H and O–H groups in total. The lowest BCUT2D eigenvalue weighted by Crippen LogP contribution is -2.30. The molecule has 0 atom stereocenters. The van der Waals surface area contributed by atoms with Crippen LogP contribution in [0.25, 0.3) is 17.3 Å². The van der Waals surface area contributed by atoms with Crippen molar-refractivity contribution >= 4 is 23.6 Å². The highest BCUT2D eigenvalue weighted by atomic mass is 16.5. The van der Waals surface area contributed by atoms with E-state index in [0.29, 0.717) is 22.8 Å². The molecule has 29 heavy (non-hydrogen) atoms. The van der Waals surface area contributed by atoms with E-state index in [1.807, 2.05) is 24.3 Å². The number of aromatic amines is 1. The smallest absolute Gasteiger partial charge is 0.335 e. The van der Waals surface area contributed by atoms with Crippen molar-refractivity contribution < 1.29 is 14.6 Å². The van der Waals surface area contributed by atoms with Crippen molar-refractivity contribution in [3.8, 4) is 23.1 Å². The van der Waals surface area contributed by atoms with Crippen LogP contribution in [0.5, 0.6) is 17.4 Å². The topological polar surface area (TPSA) is 106 Å². The second-order valence-corrected chi connectivity index (χ2v) is 6.25. The van der Waals surface area contributed by atoms with Gasteiger partial charge >= 0.3 is 5.69 Å². The summed E-state index contributed by atoms with van der Waals surface area (Å²) in [7, 11) is 2.95. The van der Waals surface area contributed by atoms with Crippen LogP contribution >= 0.6 is 0 Å². The van der Waals surface area contributed by atoms with Crippen LogP contribution in [-0.2, 0) is 0 Å². The Balaban J connectivity index is 1.90. The van der Waals surface area contributed by atoms with Gasteiger partial charge in [-0.1, -0.05) is 18.2 Å². The van der Waals surface area contributed by atoms with Crippen molar-refractivity contribution in [2.75, 3.05) is 14.2 Å². The van der Waals surface area contributed by atoms with Crippen LogP contribution in [0.4, 0.5) is 5.69 Å². The van der Waals surface area contributed by atoms with E-state index < -0.39 is 17.1 Å². The molecule has 8 nitrogen and oxygen atoms in total. The van der Waals surface area contributed by atoms with E-state index in [4.69, 9.17) is 9.47 Å². The molecule has 0 radical (unpaired) electrons. The lowest BCUT2D eigenvalue weighted by Gasteiger charge is -2.13. The van der Waals surface area contributed by atoms with Crippen LogP contribution in [0.15, 0.2) is 57.0 Å². The molecule has 3 aromatic rings. The summed E-state index contributed by atoms with van der Waals surface area (Å²) in [5.41, 5.74) is 1.02. The van der Waals surface area contributed by atoms with Gasteiger partial charge in [0.2, 0.25) is 5.88 Å². The minimum Gasteiger partial charge on any atom is -0.494 e. The number of nitrogens with zero attached hydrogens (tertiary/aromatic N) is 2. The summed E-state index contributed by atoms with van der Waals surface area (Å²) in [6.07, 6.45) is 3.11. The van der Waals surface area contributed by atoms with Gasteiger partial charge in [-0.25, -0.2) is 9.36 Å². The highest BCUT2D eigenvalue weighted by molar-refractivity contribution is 6.21. The van der Waals surface area contributed by atoms with Crippen LogP contribution in [-0.4, -0.2) is 35.1 Å². The van der Waals surface area contributed by atoms with Gasteiger partial charge < -0.3 is 14.6 Å². The van der Waals surface area contributed by atoms with Crippen molar-refractivity contribution in [1.29, 1.82) is 0 Å². The number of rotatable bonds is 4. The van der Waals surface area contributed by atoms with Gasteiger partial charge in [0.15, 0.2) is 11.5 Å². The molecule has 1 aliphatic rings. The van der Waals surface area contributed by atoms with E-state index in [1.165, 1.54) is 26.4 Å². The van der Waals surface area contributed by atoms with Crippen LogP contribution < -0.4 is 20.7 Å². The van der Waals surface area contributed by atoms with E-state index in [0.717, 1.165) is 15.8 Å². The molecule has 2 heterocycles. The number of aliphatic imine (C=N–C) groups is 1. The van der Waals surface area contributed by atoms with Gasteiger partial charge in [-0.3, -0.25) is 14.8 Å². The first-order valence-electron chi connectivity index (χ1n) is 8.69. The molecular weight excluding hydrogens is 374 g/mol. The van der Waals surface area contributed by atoms with E-state index in [1.54, 1.807) is 18.3 Å². The first kappa shape index (κ1) is 18.3. The van der Waals surface area contributed by atoms with Gasteiger partial charge in [0.05, 0.1) is 25.6 Å². The molecule has 1 aliphatic heterocycles. The largest absolute Gasteiger partial charge is 0.494 e. The number of hydrogen-bond acceptors (Lipinski definition) is 6. The maximum atomic E-state index is 12.4. The van der Waals surface area contributed by atoms with Crippen molar-refractivity contribution in [1.82, 2.24) is 9.55 Å². The Labute approximate surface area is 165 Å². The fourth-order valence-electron chi connectivity index (χ4n) is 3.18. The van der Waals surface area contributed by atoms with Gasteiger partial charge in [0, 0.05) is 23.4 Å².